The molecule has 2 saturated heterocycles. The molecular formula is C38H48N4O5S. The summed E-state index contributed by atoms with van der Waals surface area (Å²) in [5, 5.41) is 0.371. The van der Waals surface area contributed by atoms with Crippen LogP contribution in [0.1, 0.15) is 92.6 Å². The average molecular weight is 673 g/mol. The van der Waals surface area contributed by atoms with Gasteiger partial charge in [-0.3, -0.25) is 9.59 Å². The number of amides is 2. The largest absolute Gasteiger partial charge is 0.497 e. The van der Waals surface area contributed by atoms with Crippen molar-refractivity contribution in [3.05, 3.63) is 53.1 Å². The summed E-state index contributed by atoms with van der Waals surface area (Å²) in [5.41, 5.74) is 5.53. The molecular weight excluding hydrogens is 625 g/mol. The van der Waals surface area contributed by atoms with E-state index in [1.807, 2.05) is 18.2 Å². The first-order chi connectivity index (χ1) is 23.0. The molecule has 3 aliphatic heterocycles. The Morgan fingerprint density at radius 1 is 0.979 bits per heavy atom. The lowest BCUT2D eigenvalue weighted by atomic mass is 9.80. The second kappa shape index (κ2) is 11.6. The molecule has 10 heteroatoms. The van der Waals surface area contributed by atoms with Crippen LogP contribution in [-0.4, -0.2) is 79.2 Å². The Kier molecular flexibility index (Phi) is 7.71. The maximum atomic E-state index is 15.0. The minimum absolute atomic E-state index is 0.210. The number of sulfonamides is 1. The summed E-state index contributed by atoms with van der Waals surface area (Å²) < 4.78 is 35.8. The number of likely N-dealkylation sites (N-methyl/N-ethyl adjacent to an activating group) is 1. The normalized spacial score (nSPS) is 27.2. The Morgan fingerprint density at radius 2 is 1.71 bits per heavy atom. The smallest absolute Gasteiger partial charge is 0.264 e. The predicted molar refractivity (Wildman–Crippen MR) is 187 cm³/mol. The topological polar surface area (TPSA) is 101 Å². The second-order valence-electron chi connectivity index (χ2n) is 15.5. The monoisotopic (exact) mass is 672 g/mol. The number of methoxy groups -OCH3 is 1. The maximum absolute atomic E-state index is 15.0. The van der Waals surface area contributed by atoms with Gasteiger partial charge in [-0.1, -0.05) is 25.3 Å². The summed E-state index contributed by atoms with van der Waals surface area (Å²) >= 11 is 0. The van der Waals surface area contributed by atoms with E-state index in [4.69, 9.17) is 4.74 Å². The molecule has 2 aromatic carbocycles. The fraction of sp³-hybridized carbons (Fsp3) is 0.579. The van der Waals surface area contributed by atoms with Crippen molar-refractivity contribution in [2.24, 2.45) is 11.3 Å². The van der Waals surface area contributed by atoms with Crippen LogP contribution >= 0.6 is 0 Å². The molecule has 8 rings (SSSR count). The van der Waals surface area contributed by atoms with E-state index in [0.717, 1.165) is 74.0 Å². The van der Waals surface area contributed by atoms with Gasteiger partial charge in [-0.2, -0.15) is 0 Å². The van der Waals surface area contributed by atoms with E-state index in [9.17, 15) is 18.0 Å². The van der Waals surface area contributed by atoms with E-state index < -0.39 is 26.6 Å². The van der Waals surface area contributed by atoms with E-state index >= 15 is 0 Å². The van der Waals surface area contributed by atoms with Crippen molar-refractivity contribution in [1.82, 2.24) is 19.1 Å². The number of nitrogens with zero attached hydrogens (tertiary/aromatic N) is 3. The lowest BCUT2D eigenvalue weighted by Gasteiger charge is -2.42. The van der Waals surface area contributed by atoms with Crippen LogP contribution in [0.4, 0.5) is 0 Å². The number of fused-ring (bicyclic) bond motifs is 8. The van der Waals surface area contributed by atoms with Gasteiger partial charge in [0.1, 0.15) is 5.75 Å². The molecule has 256 valence electrons. The van der Waals surface area contributed by atoms with Gasteiger partial charge in [0.05, 0.1) is 23.5 Å². The summed E-state index contributed by atoms with van der Waals surface area (Å²) in [4.78, 5) is 33.1. The van der Waals surface area contributed by atoms with Crippen LogP contribution in [0, 0.1) is 11.3 Å². The van der Waals surface area contributed by atoms with Gasteiger partial charge in [0.25, 0.3) is 5.91 Å². The van der Waals surface area contributed by atoms with Crippen molar-refractivity contribution < 1.29 is 22.7 Å². The Balaban J connectivity index is 1.32. The molecule has 0 unspecified atom stereocenters. The van der Waals surface area contributed by atoms with Crippen molar-refractivity contribution in [2.75, 3.05) is 27.2 Å². The number of piperazine rings is 1. The van der Waals surface area contributed by atoms with Crippen LogP contribution in [0.15, 0.2) is 36.4 Å². The minimum Gasteiger partial charge on any atom is -0.497 e. The number of likely N-dealkylation sites (tertiary alicyclic amines) is 1. The van der Waals surface area contributed by atoms with Gasteiger partial charge >= 0.3 is 0 Å². The number of aromatic nitrogens is 1. The van der Waals surface area contributed by atoms with Crippen molar-refractivity contribution in [1.29, 1.82) is 0 Å². The van der Waals surface area contributed by atoms with Crippen LogP contribution in [-0.2, 0) is 27.8 Å². The highest BCUT2D eigenvalue weighted by molar-refractivity contribution is 7.90. The molecule has 2 aliphatic carbocycles. The Hall–Kier alpha value is -3.37. The zero-order valence-corrected chi connectivity index (χ0v) is 29.4. The zero-order valence-electron chi connectivity index (χ0n) is 28.6. The van der Waals surface area contributed by atoms with E-state index in [-0.39, 0.29) is 18.0 Å². The molecule has 2 amide bonds. The molecule has 1 N–H and O–H groups in total. The predicted octanol–water partition coefficient (Wildman–Crippen LogP) is 5.70. The number of rotatable bonds is 6. The van der Waals surface area contributed by atoms with Crippen molar-refractivity contribution in [3.8, 4) is 17.0 Å². The van der Waals surface area contributed by atoms with Crippen LogP contribution in [0.3, 0.4) is 0 Å². The number of hydrogen-bond acceptors (Lipinski definition) is 6. The molecule has 48 heavy (non-hydrogen) atoms. The summed E-state index contributed by atoms with van der Waals surface area (Å²) in [5.74, 6) is 1.06. The van der Waals surface area contributed by atoms with Gasteiger partial charge in [-0.25, -0.2) is 13.1 Å². The lowest BCUT2D eigenvalue weighted by Crippen LogP contribution is -2.57. The maximum Gasteiger partial charge on any atom is 0.264 e. The molecule has 2 saturated carbocycles. The summed E-state index contributed by atoms with van der Waals surface area (Å²) in [6, 6.07) is 12.6. The Morgan fingerprint density at radius 3 is 2.40 bits per heavy atom. The molecule has 9 nitrogen and oxygen atoms in total. The first-order valence-electron chi connectivity index (χ1n) is 17.9. The fourth-order valence-electron chi connectivity index (χ4n) is 9.60. The summed E-state index contributed by atoms with van der Waals surface area (Å²) in [7, 11) is 0.0656. The fourth-order valence-corrected chi connectivity index (χ4v) is 10.2. The highest BCUT2D eigenvalue weighted by Gasteiger charge is 2.64. The van der Waals surface area contributed by atoms with Gasteiger partial charge < -0.3 is 19.1 Å². The molecule has 4 atom stereocenters. The molecule has 0 radical (unpaired) electrons. The zero-order chi connectivity index (χ0) is 33.5. The quantitative estimate of drug-likeness (QED) is 0.361. The molecule has 3 aromatic rings. The van der Waals surface area contributed by atoms with E-state index in [0.29, 0.717) is 23.9 Å². The molecule has 0 spiro atoms. The first-order valence-corrected chi connectivity index (χ1v) is 19.5. The Labute approximate surface area is 284 Å². The molecule has 2 bridgehead atoms. The number of benzene rings is 2. The molecule has 5 aliphatic rings. The van der Waals surface area contributed by atoms with Gasteiger partial charge in [-0.05, 0) is 113 Å². The lowest BCUT2D eigenvalue weighted by molar-refractivity contribution is -0.144. The number of nitrogens with one attached hydrogen (secondary N) is 1. The standard InChI is InChI=1S/C38H48N4O5S/c1-23(2)48(45,46)39-36(43)25-10-14-32-33(18-25)41-22-38(37(44)42-28-11-12-29(42)21-40(3)20-28)19-27(38)16-26-17-30(47-4)13-15-31(26)35(41)34(32)24-8-6-5-7-9-24/h10,13-15,17-18,23-24,27-29H,5-9,11-12,16,19-22H2,1-4H3,(H,39,43)/t27-,28-,29+,38+/m1/s1. The van der Waals surface area contributed by atoms with Crippen molar-refractivity contribution in [2.45, 2.75) is 101 Å². The highest BCUT2D eigenvalue weighted by atomic mass is 32.2. The number of ether oxygens (including phenoxy) is 1. The highest BCUT2D eigenvalue weighted by Crippen LogP contribution is 2.61. The third-order valence-corrected chi connectivity index (χ3v) is 14.0. The van der Waals surface area contributed by atoms with Crippen molar-refractivity contribution in [3.63, 3.8) is 0 Å². The van der Waals surface area contributed by atoms with Crippen LogP contribution in [0.25, 0.3) is 22.2 Å². The third kappa shape index (κ3) is 5.08. The summed E-state index contributed by atoms with van der Waals surface area (Å²) in [6.07, 6.45) is 9.57. The third-order valence-electron chi connectivity index (χ3n) is 12.3. The number of carbonyl (C=O) groups excluding carboxylic acids is 2. The SMILES string of the molecule is COc1ccc2c(c1)C[C@@H]1C[C@]1(C(=O)N1[C@@H]3CC[C@H]1CN(C)C3)Cn1c-2c(C2CCCCC2)c2ccc(C(=O)NS(=O)(=O)C(C)C)cc21. The van der Waals surface area contributed by atoms with E-state index in [2.05, 4.69) is 38.3 Å². The van der Waals surface area contributed by atoms with Crippen LogP contribution in [0.5, 0.6) is 5.75 Å². The van der Waals surface area contributed by atoms with Crippen molar-refractivity contribution >= 4 is 32.7 Å². The van der Waals surface area contributed by atoms with Crippen LogP contribution < -0.4 is 9.46 Å². The minimum atomic E-state index is -3.80. The van der Waals surface area contributed by atoms with Gasteiger partial charge in [-0.15, -0.1) is 0 Å². The molecule has 4 fully saturated rings. The Bertz CT molecular complexity index is 1900. The van der Waals surface area contributed by atoms with E-state index in [1.54, 1.807) is 27.0 Å². The van der Waals surface area contributed by atoms with Gasteiger partial charge in [0.15, 0.2) is 0 Å². The number of carbonyl (C=O) groups is 2. The molecule has 4 heterocycles. The molecule has 1 aromatic heterocycles. The van der Waals surface area contributed by atoms with Crippen LogP contribution in [0.2, 0.25) is 0 Å². The van der Waals surface area contributed by atoms with Gasteiger partial charge in [0, 0.05) is 53.7 Å². The summed E-state index contributed by atoms with van der Waals surface area (Å²) in [6.45, 7) is 5.52. The first kappa shape index (κ1) is 31.9. The number of hydrogen-bond donors (Lipinski definition) is 1. The average Bonchev–Trinajstić information content (AvgIpc) is 3.54. The van der Waals surface area contributed by atoms with E-state index in [1.165, 1.54) is 36.0 Å². The van der Waals surface area contributed by atoms with Gasteiger partial charge in [0.2, 0.25) is 15.9 Å². The second-order valence-corrected chi connectivity index (χ2v) is 17.8.